The molecule has 0 saturated heterocycles. The summed E-state index contributed by atoms with van der Waals surface area (Å²) in [4.78, 5) is 35.1. The summed E-state index contributed by atoms with van der Waals surface area (Å²) >= 11 is 0. The van der Waals surface area contributed by atoms with Crippen LogP contribution in [-0.4, -0.2) is 38.0 Å². The lowest BCUT2D eigenvalue weighted by atomic mass is 10.1. The molecular weight excluding hydrogens is 348 g/mol. The van der Waals surface area contributed by atoms with Crippen LogP contribution in [0.15, 0.2) is 54.6 Å². The minimum Gasteiger partial charge on any atom is -0.494 e. The van der Waals surface area contributed by atoms with Gasteiger partial charge in [0.1, 0.15) is 5.75 Å². The largest absolute Gasteiger partial charge is 0.494 e. The molecule has 2 aromatic rings. The number of hydrogen-bond acceptors (Lipinski definition) is 6. The van der Waals surface area contributed by atoms with Crippen LogP contribution in [0.25, 0.3) is 6.08 Å². The van der Waals surface area contributed by atoms with Crippen LogP contribution in [0.3, 0.4) is 0 Å². The van der Waals surface area contributed by atoms with Gasteiger partial charge in [0.05, 0.1) is 19.3 Å². The van der Waals surface area contributed by atoms with Crippen molar-refractivity contribution in [2.24, 2.45) is 0 Å². The fourth-order valence-corrected chi connectivity index (χ4v) is 2.18. The highest BCUT2D eigenvalue weighted by Gasteiger charge is 2.09. The van der Waals surface area contributed by atoms with E-state index < -0.39 is 11.9 Å². The molecule has 0 unspecified atom stereocenters. The van der Waals surface area contributed by atoms with E-state index in [0.29, 0.717) is 29.0 Å². The predicted octanol–water partition coefficient (Wildman–Crippen LogP) is 3.31. The zero-order valence-electron chi connectivity index (χ0n) is 15.1. The number of esters is 2. The number of Topliss-reactive ketones (excluding diaryl/α,β-unsaturated/α-hetero) is 1. The second-order valence-corrected chi connectivity index (χ2v) is 5.44. The Morgan fingerprint density at radius 2 is 1.56 bits per heavy atom. The Bertz CT molecular complexity index is 819. The zero-order chi connectivity index (χ0) is 19.6. The third-order valence-corrected chi connectivity index (χ3v) is 3.58. The lowest BCUT2D eigenvalue weighted by Gasteiger charge is -2.05. The van der Waals surface area contributed by atoms with Gasteiger partial charge in [-0.05, 0) is 55.0 Å². The maximum absolute atomic E-state index is 12.0. The summed E-state index contributed by atoms with van der Waals surface area (Å²) in [6.07, 6.45) is 2.75. The highest BCUT2D eigenvalue weighted by Crippen LogP contribution is 2.13. The summed E-state index contributed by atoms with van der Waals surface area (Å²) in [6, 6.07) is 13.1. The number of ketones is 1. The van der Waals surface area contributed by atoms with Gasteiger partial charge >= 0.3 is 11.9 Å². The van der Waals surface area contributed by atoms with Crippen LogP contribution < -0.4 is 4.74 Å². The smallest absolute Gasteiger partial charge is 0.337 e. The molecule has 2 rings (SSSR count). The number of hydrogen-bond donors (Lipinski definition) is 0. The van der Waals surface area contributed by atoms with Crippen molar-refractivity contribution in [3.8, 4) is 5.75 Å². The van der Waals surface area contributed by atoms with E-state index in [-0.39, 0.29) is 12.4 Å². The Morgan fingerprint density at radius 1 is 0.926 bits per heavy atom. The van der Waals surface area contributed by atoms with E-state index >= 15 is 0 Å². The molecule has 0 heterocycles. The van der Waals surface area contributed by atoms with Crippen LogP contribution in [0, 0.1) is 0 Å². The van der Waals surface area contributed by atoms with Gasteiger partial charge in [0.25, 0.3) is 0 Å². The van der Waals surface area contributed by atoms with Gasteiger partial charge in [-0.2, -0.15) is 0 Å². The molecule has 6 heteroatoms. The fourth-order valence-electron chi connectivity index (χ4n) is 2.18. The lowest BCUT2D eigenvalue weighted by molar-refractivity contribution is -0.136. The summed E-state index contributed by atoms with van der Waals surface area (Å²) in [5.41, 5.74) is 1.56. The Kier molecular flexibility index (Phi) is 7.31. The van der Waals surface area contributed by atoms with Crippen LogP contribution in [-0.2, 0) is 14.3 Å². The summed E-state index contributed by atoms with van der Waals surface area (Å²) in [6.45, 7) is 2.07. The monoisotopic (exact) mass is 368 g/mol. The molecular formula is C21H20O6. The fraction of sp³-hybridized carbons (Fsp3) is 0.190. The summed E-state index contributed by atoms with van der Waals surface area (Å²) < 4.78 is 14.9. The molecule has 140 valence electrons. The number of carbonyl (C=O) groups excluding carboxylic acids is 3. The van der Waals surface area contributed by atoms with Crippen LogP contribution in [0.5, 0.6) is 5.75 Å². The van der Waals surface area contributed by atoms with Crippen molar-refractivity contribution >= 4 is 23.8 Å². The molecule has 0 bridgehead atoms. The van der Waals surface area contributed by atoms with Crippen LogP contribution in [0.4, 0.5) is 0 Å². The molecule has 0 aromatic heterocycles. The molecule has 0 saturated carbocycles. The topological polar surface area (TPSA) is 78.9 Å². The SMILES string of the molecule is CCOc1ccc(C(=O)COC(=O)/C=C/c2ccc(C(=O)OC)cc2)cc1. The zero-order valence-corrected chi connectivity index (χ0v) is 15.1. The summed E-state index contributed by atoms with van der Waals surface area (Å²) in [7, 11) is 1.31. The van der Waals surface area contributed by atoms with Crippen molar-refractivity contribution in [2.45, 2.75) is 6.92 Å². The van der Waals surface area contributed by atoms with Gasteiger partial charge in [0.2, 0.25) is 0 Å². The third kappa shape index (κ3) is 6.11. The van der Waals surface area contributed by atoms with Crippen LogP contribution in [0.2, 0.25) is 0 Å². The molecule has 0 aliphatic heterocycles. The standard InChI is InChI=1S/C21H20O6/c1-3-26-18-11-9-16(10-12-18)19(22)14-27-20(23)13-6-15-4-7-17(8-5-15)21(24)25-2/h4-13H,3,14H2,1-2H3/b13-6+. The first-order valence-corrected chi connectivity index (χ1v) is 8.32. The van der Waals surface area contributed by atoms with E-state index in [1.165, 1.54) is 19.3 Å². The number of rotatable bonds is 8. The van der Waals surface area contributed by atoms with E-state index in [0.717, 1.165) is 0 Å². The molecule has 2 aromatic carbocycles. The van der Waals surface area contributed by atoms with Crippen molar-refractivity contribution in [3.05, 3.63) is 71.3 Å². The molecule has 6 nitrogen and oxygen atoms in total. The van der Waals surface area contributed by atoms with Crippen LogP contribution in [0.1, 0.15) is 33.2 Å². The van der Waals surface area contributed by atoms with Gasteiger partial charge in [-0.1, -0.05) is 12.1 Å². The first-order chi connectivity index (χ1) is 13.0. The molecule has 0 spiro atoms. The quantitative estimate of drug-likeness (QED) is 0.404. The average Bonchev–Trinajstić information content (AvgIpc) is 2.71. The third-order valence-electron chi connectivity index (χ3n) is 3.58. The van der Waals surface area contributed by atoms with Gasteiger partial charge in [0.15, 0.2) is 12.4 Å². The first kappa shape index (κ1) is 19.9. The predicted molar refractivity (Wildman–Crippen MR) is 99.7 cm³/mol. The van der Waals surface area contributed by atoms with Crippen molar-refractivity contribution in [1.82, 2.24) is 0 Å². The summed E-state index contributed by atoms with van der Waals surface area (Å²) in [5.74, 6) is -0.696. The highest BCUT2D eigenvalue weighted by atomic mass is 16.5. The molecule has 0 aliphatic rings. The molecule has 0 atom stereocenters. The van der Waals surface area contributed by atoms with Gasteiger partial charge in [-0.3, -0.25) is 4.79 Å². The average molecular weight is 368 g/mol. The van der Waals surface area contributed by atoms with Gasteiger partial charge in [0, 0.05) is 11.6 Å². The van der Waals surface area contributed by atoms with E-state index in [2.05, 4.69) is 4.74 Å². The van der Waals surface area contributed by atoms with E-state index in [1.54, 1.807) is 48.5 Å². The maximum atomic E-state index is 12.0. The molecule has 27 heavy (non-hydrogen) atoms. The normalized spacial score (nSPS) is 10.4. The minimum absolute atomic E-state index is 0.303. The van der Waals surface area contributed by atoms with E-state index in [1.807, 2.05) is 6.92 Å². The van der Waals surface area contributed by atoms with Crippen LogP contribution >= 0.6 is 0 Å². The Labute approximate surface area is 157 Å². The Hall–Kier alpha value is -3.41. The number of ether oxygens (including phenoxy) is 3. The van der Waals surface area contributed by atoms with Gasteiger partial charge in [-0.25, -0.2) is 9.59 Å². The van der Waals surface area contributed by atoms with Crippen molar-refractivity contribution in [1.29, 1.82) is 0 Å². The number of carbonyl (C=O) groups is 3. The van der Waals surface area contributed by atoms with Gasteiger partial charge < -0.3 is 14.2 Å². The van der Waals surface area contributed by atoms with E-state index in [4.69, 9.17) is 9.47 Å². The van der Waals surface area contributed by atoms with Crippen molar-refractivity contribution in [3.63, 3.8) is 0 Å². The molecule has 0 fully saturated rings. The van der Waals surface area contributed by atoms with Crippen molar-refractivity contribution in [2.75, 3.05) is 20.3 Å². The Morgan fingerprint density at radius 3 is 2.15 bits per heavy atom. The first-order valence-electron chi connectivity index (χ1n) is 8.32. The number of benzene rings is 2. The van der Waals surface area contributed by atoms with Crippen molar-refractivity contribution < 1.29 is 28.6 Å². The summed E-state index contributed by atoms with van der Waals surface area (Å²) in [5, 5.41) is 0. The molecule has 0 aliphatic carbocycles. The second kappa shape index (κ2) is 9.91. The maximum Gasteiger partial charge on any atom is 0.337 e. The number of methoxy groups -OCH3 is 1. The van der Waals surface area contributed by atoms with E-state index in [9.17, 15) is 14.4 Å². The molecule has 0 radical (unpaired) electrons. The molecule has 0 N–H and O–H groups in total. The lowest BCUT2D eigenvalue weighted by Crippen LogP contribution is -2.12. The van der Waals surface area contributed by atoms with Gasteiger partial charge in [-0.15, -0.1) is 0 Å². The Balaban J connectivity index is 1.85. The second-order valence-electron chi connectivity index (χ2n) is 5.44. The minimum atomic E-state index is -0.633. The molecule has 0 amide bonds. The highest BCUT2D eigenvalue weighted by molar-refractivity contribution is 5.99.